The molecule has 0 aromatic heterocycles. The third-order valence-electron chi connectivity index (χ3n) is 4.56. The van der Waals surface area contributed by atoms with Gasteiger partial charge in [-0.1, -0.05) is 42.5 Å². The predicted octanol–water partition coefficient (Wildman–Crippen LogP) is 2.81. The maximum absolute atomic E-state index is 13.4. The second-order valence-corrected chi connectivity index (χ2v) is 6.71. The molecule has 140 valence electrons. The second-order valence-electron chi connectivity index (χ2n) is 6.71. The van der Waals surface area contributed by atoms with Crippen molar-refractivity contribution >= 4 is 17.4 Å². The van der Waals surface area contributed by atoms with Crippen LogP contribution < -0.4 is 0 Å². The number of carbonyl (C=O) groups excluding carboxylic acids is 2. The van der Waals surface area contributed by atoms with Gasteiger partial charge in [-0.3, -0.25) is 9.59 Å². The lowest BCUT2D eigenvalue weighted by Crippen LogP contribution is -2.35. The molecule has 5 nitrogen and oxygen atoms in total. The summed E-state index contributed by atoms with van der Waals surface area (Å²) in [5, 5.41) is 10.8. The van der Waals surface area contributed by atoms with Crippen molar-refractivity contribution in [1.29, 1.82) is 0 Å². The van der Waals surface area contributed by atoms with Gasteiger partial charge in [-0.05, 0) is 31.8 Å². The highest BCUT2D eigenvalue weighted by Crippen LogP contribution is 2.39. The number of benzene rings is 2. The number of likely N-dealkylation sites (N-methyl/N-ethyl adjacent to an activating group) is 1. The third-order valence-corrected chi connectivity index (χ3v) is 4.56. The first kappa shape index (κ1) is 18.8. The summed E-state index contributed by atoms with van der Waals surface area (Å²) in [4.78, 5) is 28.7. The topological polar surface area (TPSA) is 60.9 Å². The number of amides is 1. The average molecular weight is 368 g/mol. The number of rotatable bonds is 5. The molecule has 0 aliphatic carbocycles. The van der Waals surface area contributed by atoms with Crippen LogP contribution in [-0.4, -0.2) is 53.8 Å². The highest BCUT2D eigenvalue weighted by Gasteiger charge is 2.45. The number of carbonyl (C=O) groups is 2. The second kappa shape index (κ2) is 7.72. The maximum Gasteiger partial charge on any atom is 0.295 e. The molecule has 3 rings (SSSR count). The molecule has 1 aliphatic heterocycles. The van der Waals surface area contributed by atoms with Crippen LogP contribution in [0.3, 0.4) is 0 Å². The highest BCUT2D eigenvalue weighted by atomic mass is 19.1. The quantitative estimate of drug-likeness (QED) is 0.501. The smallest absolute Gasteiger partial charge is 0.295 e. The van der Waals surface area contributed by atoms with Crippen LogP contribution in [0.15, 0.2) is 60.2 Å². The lowest BCUT2D eigenvalue weighted by atomic mass is 9.95. The molecule has 0 radical (unpaired) electrons. The monoisotopic (exact) mass is 368 g/mol. The van der Waals surface area contributed by atoms with E-state index in [1.54, 1.807) is 30.3 Å². The first-order valence-electron chi connectivity index (χ1n) is 8.64. The summed E-state index contributed by atoms with van der Waals surface area (Å²) in [5.41, 5.74) is 1.05. The van der Waals surface area contributed by atoms with Gasteiger partial charge in [0.25, 0.3) is 11.7 Å². The Kier molecular flexibility index (Phi) is 5.37. The van der Waals surface area contributed by atoms with Gasteiger partial charge in [-0.25, -0.2) is 4.39 Å². The molecule has 1 amide bonds. The molecule has 2 aromatic carbocycles. The van der Waals surface area contributed by atoms with E-state index in [0.717, 1.165) is 0 Å². The van der Waals surface area contributed by atoms with Gasteiger partial charge in [-0.2, -0.15) is 0 Å². The van der Waals surface area contributed by atoms with Crippen LogP contribution in [0.2, 0.25) is 0 Å². The number of nitrogens with zero attached hydrogens (tertiary/aromatic N) is 2. The van der Waals surface area contributed by atoms with Gasteiger partial charge >= 0.3 is 0 Å². The zero-order valence-corrected chi connectivity index (χ0v) is 15.2. The van der Waals surface area contributed by atoms with Crippen molar-refractivity contribution in [3.05, 3.63) is 77.1 Å². The van der Waals surface area contributed by atoms with E-state index >= 15 is 0 Å². The van der Waals surface area contributed by atoms with Gasteiger partial charge in [0.05, 0.1) is 11.6 Å². The first-order valence-corrected chi connectivity index (χ1v) is 8.64. The summed E-state index contributed by atoms with van der Waals surface area (Å²) in [5.74, 6) is -2.03. The lowest BCUT2D eigenvalue weighted by molar-refractivity contribution is -0.140. The molecular formula is C21H21FN2O3. The minimum atomic E-state index is -0.759. The first-order chi connectivity index (χ1) is 12.9. The molecule has 1 N–H and O–H groups in total. The van der Waals surface area contributed by atoms with Gasteiger partial charge in [0.2, 0.25) is 0 Å². The van der Waals surface area contributed by atoms with Crippen LogP contribution in [-0.2, 0) is 9.59 Å². The number of hydrogen-bond acceptors (Lipinski definition) is 4. The van der Waals surface area contributed by atoms with E-state index in [9.17, 15) is 19.1 Å². The molecule has 2 aromatic rings. The van der Waals surface area contributed by atoms with Gasteiger partial charge in [0.1, 0.15) is 11.6 Å². The van der Waals surface area contributed by atoms with Crippen molar-refractivity contribution in [2.75, 3.05) is 27.2 Å². The average Bonchev–Trinajstić information content (AvgIpc) is 2.91. The molecule has 1 fully saturated rings. The minimum Gasteiger partial charge on any atom is -0.507 e. The van der Waals surface area contributed by atoms with Crippen LogP contribution in [0, 0.1) is 5.82 Å². The molecule has 0 saturated carbocycles. The molecule has 6 heteroatoms. The summed E-state index contributed by atoms with van der Waals surface area (Å²) < 4.78 is 13.4. The summed E-state index contributed by atoms with van der Waals surface area (Å²) in [6.07, 6.45) is 0. The fraction of sp³-hybridized carbons (Fsp3) is 0.238. The summed E-state index contributed by atoms with van der Waals surface area (Å²) in [7, 11) is 3.74. The number of likely N-dealkylation sites (tertiary alicyclic amines) is 1. The van der Waals surface area contributed by atoms with Gasteiger partial charge in [0.15, 0.2) is 0 Å². The Morgan fingerprint density at radius 2 is 1.70 bits per heavy atom. The minimum absolute atomic E-state index is 0.0246. The Morgan fingerprint density at radius 3 is 2.30 bits per heavy atom. The van der Waals surface area contributed by atoms with Crippen molar-refractivity contribution in [1.82, 2.24) is 9.80 Å². The van der Waals surface area contributed by atoms with E-state index in [2.05, 4.69) is 0 Å². The van der Waals surface area contributed by atoms with E-state index in [-0.39, 0.29) is 11.3 Å². The van der Waals surface area contributed by atoms with Crippen molar-refractivity contribution in [3.63, 3.8) is 0 Å². The fourth-order valence-corrected chi connectivity index (χ4v) is 3.16. The van der Waals surface area contributed by atoms with E-state index < -0.39 is 23.5 Å². The number of halogens is 1. The molecule has 1 aliphatic rings. The van der Waals surface area contributed by atoms with E-state index in [4.69, 9.17) is 0 Å². The Morgan fingerprint density at radius 1 is 1.07 bits per heavy atom. The van der Waals surface area contributed by atoms with E-state index in [1.807, 2.05) is 19.0 Å². The SMILES string of the molecule is CN(C)CCN1C(=O)C(=O)/C(=C(\O)c2ccccc2)C1c1ccc(F)cc1. The third kappa shape index (κ3) is 3.75. The largest absolute Gasteiger partial charge is 0.507 e. The van der Waals surface area contributed by atoms with Crippen molar-refractivity contribution in [2.24, 2.45) is 0 Å². The number of ketones is 1. The van der Waals surface area contributed by atoms with Crippen LogP contribution in [0.1, 0.15) is 17.2 Å². The van der Waals surface area contributed by atoms with Crippen LogP contribution in [0.5, 0.6) is 0 Å². The Hall–Kier alpha value is -2.99. The standard InChI is InChI=1S/C21H21FN2O3/c1-23(2)12-13-24-18(14-8-10-16(22)11-9-14)17(20(26)21(24)27)19(25)15-6-4-3-5-7-15/h3-11,18,25H,12-13H2,1-2H3/b19-17-. The van der Waals surface area contributed by atoms with Crippen LogP contribution in [0.25, 0.3) is 5.76 Å². The molecular weight excluding hydrogens is 347 g/mol. The summed E-state index contributed by atoms with van der Waals surface area (Å²) in [6.45, 7) is 0.862. The number of hydrogen-bond donors (Lipinski definition) is 1. The molecule has 0 bridgehead atoms. The normalized spacial score (nSPS) is 19.1. The Bertz CT molecular complexity index is 876. The van der Waals surface area contributed by atoms with Crippen molar-refractivity contribution in [2.45, 2.75) is 6.04 Å². The number of aliphatic hydroxyl groups excluding tert-OH is 1. The zero-order valence-electron chi connectivity index (χ0n) is 15.2. The molecule has 1 atom stereocenters. The number of aliphatic hydroxyl groups is 1. The zero-order chi connectivity index (χ0) is 19.6. The van der Waals surface area contributed by atoms with E-state index in [1.165, 1.54) is 29.2 Å². The van der Waals surface area contributed by atoms with Gasteiger partial charge in [0, 0.05) is 18.7 Å². The molecule has 0 spiro atoms. The van der Waals surface area contributed by atoms with Crippen LogP contribution in [0.4, 0.5) is 4.39 Å². The number of Topliss-reactive ketones (excluding diaryl/α,β-unsaturated/α-hetero) is 1. The molecule has 27 heavy (non-hydrogen) atoms. The molecule has 1 saturated heterocycles. The lowest BCUT2D eigenvalue weighted by Gasteiger charge is -2.26. The molecule has 1 heterocycles. The Labute approximate surface area is 157 Å². The Balaban J connectivity index is 2.13. The summed E-state index contributed by atoms with van der Waals surface area (Å²) >= 11 is 0. The highest BCUT2D eigenvalue weighted by molar-refractivity contribution is 6.46. The van der Waals surface area contributed by atoms with Crippen molar-refractivity contribution < 1.29 is 19.1 Å². The fourth-order valence-electron chi connectivity index (χ4n) is 3.16. The van der Waals surface area contributed by atoms with E-state index in [0.29, 0.717) is 24.2 Å². The van der Waals surface area contributed by atoms with Gasteiger partial charge in [-0.15, -0.1) is 0 Å². The maximum atomic E-state index is 13.4. The van der Waals surface area contributed by atoms with Crippen molar-refractivity contribution in [3.8, 4) is 0 Å². The van der Waals surface area contributed by atoms with Crippen LogP contribution >= 0.6 is 0 Å². The summed E-state index contributed by atoms with van der Waals surface area (Å²) in [6, 6.07) is 13.5. The van der Waals surface area contributed by atoms with Gasteiger partial charge < -0.3 is 14.9 Å². The predicted molar refractivity (Wildman–Crippen MR) is 100 cm³/mol. The molecule has 1 unspecified atom stereocenters.